The van der Waals surface area contributed by atoms with Crippen molar-refractivity contribution in [3.8, 4) is 0 Å². The van der Waals surface area contributed by atoms with Crippen molar-refractivity contribution in [2.45, 2.75) is 19.9 Å². The van der Waals surface area contributed by atoms with E-state index < -0.39 is 0 Å². The van der Waals surface area contributed by atoms with Gasteiger partial charge in [-0.2, -0.15) is 0 Å². The first kappa shape index (κ1) is 17.9. The van der Waals surface area contributed by atoms with Gasteiger partial charge in [-0.05, 0) is 30.2 Å². The number of carbonyl (C=O) groups is 2. The van der Waals surface area contributed by atoms with Gasteiger partial charge in [0.2, 0.25) is 5.91 Å². The zero-order chi connectivity index (χ0) is 17.5. The van der Waals surface area contributed by atoms with Crippen LogP contribution in [0.2, 0.25) is 5.02 Å². The number of rotatable bonds is 6. The lowest BCUT2D eigenvalue weighted by molar-refractivity contribution is -0.121. The lowest BCUT2D eigenvalue weighted by Gasteiger charge is -2.22. The van der Waals surface area contributed by atoms with Crippen molar-refractivity contribution in [3.63, 3.8) is 0 Å². The predicted molar refractivity (Wildman–Crippen MR) is 93.7 cm³/mol. The second kappa shape index (κ2) is 8.45. The van der Waals surface area contributed by atoms with Gasteiger partial charge < -0.3 is 10.6 Å². The van der Waals surface area contributed by atoms with Crippen molar-refractivity contribution < 1.29 is 9.59 Å². The van der Waals surface area contributed by atoms with E-state index in [1.807, 2.05) is 32.0 Å². The average molecular weight is 346 g/mol. The van der Waals surface area contributed by atoms with E-state index in [4.69, 9.17) is 11.6 Å². The van der Waals surface area contributed by atoms with Gasteiger partial charge in [0, 0.05) is 6.20 Å². The van der Waals surface area contributed by atoms with Crippen molar-refractivity contribution in [1.82, 2.24) is 15.6 Å². The second-order valence-electron chi connectivity index (χ2n) is 5.71. The zero-order valence-electron chi connectivity index (χ0n) is 13.6. The van der Waals surface area contributed by atoms with Crippen molar-refractivity contribution >= 4 is 23.4 Å². The largest absolute Gasteiger partial charge is 0.346 e. The molecule has 5 nitrogen and oxygen atoms in total. The summed E-state index contributed by atoms with van der Waals surface area (Å²) in [7, 11) is 0. The minimum absolute atomic E-state index is 0.125. The molecule has 0 radical (unpaired) electrons. The quantitative estimate of drug-likeness (QED) is 0.845. The smallest absolute Gasteiger partial charge is 0.253 e. The number of carbonyl (C=O) groups excluding carboxylic acids is 2. The summed E-state index contributed by atoms with van der Waals surface area (Å²) < 4.78 is 0. The number of benzene rings is 1. The zero-order valence-corrected chi connectivity index (χ0v) is 14.4. The van der Waals surface area contributed by atoms with Crippen molar-refractivity contribution in [2.24, 2.45) is 5.92 Å². The molecule has 1 aromatic heterocycles. The molecule has 1 heterocycles. The van der Waals surface area contributed by atoms with Crippen LogP contribution in [0.3, 0.4) is 0 Å². The molecule has 1 aromatic carbocycles. The molecule has 126 valence electrons. The number of amides is 2. The van der Waals surface area contributed by atoms with Crippen LogP contribution in [-0.4, -0.2) is 23.3 Å². The van der Waals surface area contributed by atoms with Gasteiger partial charge in [0.1, 0.15) is 0 Å². The van der Waals surface area contributed by atoms with Crippen LogP contribution in [0.4, 0.5) is 0 Å². The van der Waals surface area contributed by atoms with E-state index in [1.54, 1.807) is 30.5 Å². The highest BCUT2D eigenvalue weighted by Crippen LogP contribution is 2.19. The number of pyridine rings is 1. The summed E-state index contributed by atoms with van der Waals surface area (Å²) in [5.41, 5.74) is 1.13. The van der Waals surface area contributed by atoms with Gasteiger partial charge in [-0.3, -0.25) is 14.6 Å². The van der Waals surface area contributed by atoms with Gasteiger partial charge >= 0.3 is 0 Å². The Kier molecular flexibility index (Phi) is 6.32. The average Bonchev–Trinajstić information content (AvgIpc) is 2.58. The number of aromatic nitrogens is 1. The van der Waals surface area contributed by atoms with Gasteiger partial charge in [0.15, 0.2) is 0 Å². The van der Waals surface area contributed by atoms with Crippen LogP contribution in [0.1, 0.15) is 35.9 Å². The maximum Gasteiger partial charge on any atom is 0.253 e. The second-order valence-corrected chi connectivity index (χ2v) is 6.11. The minimum atomic E-state index is -0.380. The lowest BCUT2D eigenvalue weighted by Crippen LogP contribution is -2.40. The third-order valence-corrected chi connectivity index (χ3v) is 3.85. The van der Waals surface area contributed by atoms with Crippen molar-refractivity contribution in [2.75, 3.05) is 6.54 Å². The number of hydrogen-bond acceptors (Lipinski definition) is 3. The van der Waals surface area contributed by atoms with Crippen molar-refractivity contribution in [1.29, 1.82) is 0 Å². The molecule has 0 aliphatic carbocycles. The van der Waals surface area contributed by atoms with Crippen LogP contribution in [0, 0.1) is 5.92 Å². The molecule has 0 fully saturated rings. The minimum Gasteiger partial charge on any atom is -0.346 e. The number of hydrogen-bond donors (Lipinski definition) is 2. The third kappa shape index (κ3) is 4.80. The van der Waals surface area contributed by atoms with Crippen LogP contribution in [-0.2, 0) is 4.79 Å². The highest BCUT2D eigenvalue weighted by atomic mass is 35.5. The summed E-state index contributed by atoms with van der Waals surface area (Å²) in [5.74, 6) is -0.488. The normalized spacial score (nSPS) is 11.8. The number of nitrogens with one attached hydrogen (secondary N) is 2. The van der Waals surface area contributed by atoms with Gasteiger partial charge in [-0.25, -0.2) is 0 Å². The molecule has 0 spiro atoms. The molecule has 0 unspecified atom stereocenters. The van der Waals surface area contributed by atoms with E-state index in [2.05, 4.69) is 15.6 Å². The Morgan fingerprint density at radius 2 is 1.83 bits per heavy atom. The van der Waals surface area contributed by atoms with Gasteiger partial charge in [-0.15, -0.1) is 0 Å². The highest BCUT2D eigenvalue weighted by molar-refractivity contribution is 6.33. The van der Waals surface area contributed by atoms with E-state index in [9.17, 15) is 9.59 Å². The number of nitrogens with zero attached hydrogens (tertiary/aromatic N) is 1. The summed E-state index contributed by atoms with van der Waals surface area (Å²) >= 11 is 5.97. The van der Waals surface area contributed by atoms with Crippen LogP contribution in [0.25, 0.3) is 0 Å². The van der Waals surface area contributed by atoms with Crippen LogP contribution < -0.4 is 10.6 Å². The number of halogens is 1. The fraction of sp³-hybridized carbons (Fsp3) is 0.278. The first-order chi connectivity index (χ1) is 11.5. The summed E-state index contributed by atoms with van der Waals surface area (Å²) in [6.07, 6.45) is 1.69. The van der Waals surface area contributed by atoms with Crippen molar-refractivity contribution in [3.05, 3.63) is 64.9 Å². The van der Waals surface area contributed by atoms with Crippen LogP contribution in [0.5, 0.6) is 0 Å². The lowest BCUT2D eigenvalue weighted by atomic mass is 10.0. The highest BCUT2D eigenvalue weighted by Gasteiger charge is 2.20. The molecule has 1 atom stereocenters. The standard InChI is InChI=1S/C18H20ClN3O2/c1-12(2)17(15-9-5-6-10-20-15)22-16(23)11-21-18(24)13-7-3-4-8-14(13)19/h3-10,12,17H,11H2,1-2H3,(H,21,24)(H,22,23)/t17-/m0/s1. The summed E-state index contributed by atoms with van der Waals surface area (Å²) in [6, 6.07) is 12.1. The first-order valence-electron chi connectivity index (χ1n) is 7.72. The van der Waals surface area contributed by atoms with Gasteiger partial charge in [0.25, 0.3) is 5.91 Å². The molecule has 0 aliphatic heterocycles. The Morgan fingerprint density at radius 3 is 2.46 bits per heavy atom. The SMILES string of the molecule is CC(C)[C@H](NC(=O)CNC(=O)c1ccccc1Cl)c1ccccn1. The Morgan fingerprint density at radius 1 is 1.12 bits per heavy atom. The third-order valence-electron chi connectivity index (χ3n) is 3.52. The Balaban J connectivity index is 1.95. The van der Waals surface area contributed by atoms with Crippen LogP contribution >= 0.6 is 11.6 Å². The van der Waals surface area contributed by atoms with Gasteiger partial charge in [-0.1, -0.05) is 43.6 Å². The molecular formula is C18H20ClN3O2. The Labute approximate surface area is 146 Å². The fourth-order valence-corrected chi connectivity index (χ4v) is 2.49. The maximum atomic E-state index is 12.2. The predicted octanol–water partition coefficient (Wildman–Crippen LogP) is 2.98. The molecule has 2 rings (SSSR count). The van der Waals surface area contributed by atoms with Crippen LogP contribution in [0.15, 0.2) is 48.7 Å². The Hall–Kier alpha value is -2.40. The summed E-state index contributed by atoms with van der Waals surface area (Å²) in [6.45, 7) is 3.88. The molecule has 0 bridgehead atoms. The van der Waals surface area contributed by atoms with E-state index in [0.717, 1.165) is 5.69 Å². The summed E-state index contributed by atoms with van der Waals surface area (Å²) in [5, 5.41) is 5.84. The molecule has 24 heavy (non-hydrogen) atoms. The molecule has 0 saturated carbocycles. The van der Waals surface area contributed by atoms with E-state index in [0.29, 0.717) is 10.6 Å². The molecule has 2 N–H and O–H groups in total. The first-order valence-corrected chi connectivity index (χ1v) is 8.10. The molecule has 2 aromatic rings. The molecule has 2 amide bonds. The van der Waals surface area contributed by atoms with Gasteiger partial charge in [0.05, 0.1) is 28.9 Å². The van der Waals surface area contributed by atoms with E-state index in [-0.39, 0.29) is 30.3 Å². The molecule has 0 aliphatic rings. The van der Waals surface area contributed by atoms with E-state index in [1.165, 1.54) is 0 Å². The molecule has 6 heteroatoms. The monoisotopic (exact) mass is 345 g/mol. The summed E-state index contributed by atoms with van der Waals surface area (Å²) in [4.78, 5) is 28.5. The molecular weight excluding hydrogens is 326 g/mol. The topological polar surface area (TPSA) is 71.1 Å². The van der Waals surface area contributed by atoms with E-state index >= 15 is 0 Å². The Bertz CT molecular complexity index is 704. The fourth-order valence-electron chi connectivity index (χ4n) is 2.27. The molecule has 0 saturated heterocycles. The maximum absolute atomic E-state index is 12.2.